The van der Waals surface area contributed by atoms with E-state index in [1.165, 1.54) is 0 Å². The molecule has 0 saturated heterocycles. The number of rotatable bonds is 3. The first kappa shape index (κ1) is 14.6. The van der Waals surface area contributed by atoms with E-state index < -0.39 is 0 Å². The molecule has 0 aliphatic carbocycles. The molecule has 0 bridgehead atoms. The van der Waals surface area contributed by atoms with Gasteiger partial charge in [0.05, 0.1) is 11.3 Å². The predicted octanol–water partition coefficient (Wildman–Crippen LogP) is 3.80. The van der Waals surface area contributed by atoms with E-state index in [0.717, 1.165) is 23.4 Å². The van der Waals surface area contributed by atoms with Crippen LogP contribution >= 0.6 is 0 Å². The molecule has 1 aromatic heterocycles. The van der Waals surface area contributed by atoms with Gasteiger partial charge >= 0.3 is 0 Å². The number of aromatic nitrogens is 2. The van der Waals surface area contributed by atoms with Crippen molar-refractivity contribution >= 4 is 0 Å². The zero-order valence-corrected chi connectivity index (χ0v) is 13.0. The Morgan fingerprint density at radius 1 is 1.15 bits per heavy atom. The Bertz CT molecular complexity index is 627. The van der Waals surface area contributed by atoms with Gasteiger partial charge in [0.1, 0.15) is 0 Å². The number of hydrogen-bond acceptors (Lipinski definition) is 1. The van der Waals surface area contributed by atoms with Crippen LogP contribution in [0.3, 0.4) is 0 Å². The van der Waals surface area contributed by atoms with E-state index >= 15 is 0 Å². The quantitative estimate of drug-likeness (QED) is 0.906. The Kier molecular flexibility index (Phi) is 3.89. The maximum atomic E-state index is 12.7. The van der Waals surface area contributed by atoms with Gasteiger partial charge in [0, 0.05) is 12.0 Å². The lowest BCUT2D eigenvalue weighted by molar-refractivity contribution is 0.457. The van der Waals surface area contributed by atoms with Gasteiger partial charge in [0.25, 0.3) is 5.56 Å². The fourth-order valence-corrected chi connectivity index (χ4v) is 2.39. The molecule has 3 heteroatoms. The first-order valence-electron chi connectivity index (χ1n) is 7.19. The van der Waals surface area contributed by atoms with Crippen molar-refractivity contribution in [1.29, 1.82) is 0 Å². The highest BCUT2D eigenvalue weighted by Crippen LogP contribution is 2.29. The van der Waals surface area contributed by atoms with Crippen molar-refractivity contribution in [2.45, 2.75) is 46.6 Å². The number of hydrogen-bond donors (Lipinski definition) is 1. The minimum absolute atomic E-state index is 0.0785. The molecule has 2 aromatic rings. The average Bonchev–Trinajstić information content (AvgIpc) is 2.67. The summed E-state index contributed by atoms with van der Waals surface area (Å²) in [4.78, 5) is 12.7. The van der Waals surface area contributed by atoms with Gasteiger partial charge in [0.2, 0.25) is 0 Å². The van der Waals surface area contributed by atoms with Gasteiger partial charge in [-0.05, 0) is 11.5 Å². The van der Waals surface area contributed by atoms with Crippen LogP contribution in [0.1, 0.15) is 40.3 Å². The van der Waals surface area contributed by atoms with Crippen molar-refractivity contribution in [1.82, 2.24) is 9.78 Å². The summed E-state index contributed by atoms with van der Waals surface area (Å²) >= 11 is 0. The third kappa shape index (κ3) is 2.87. The minimum atomic E-state index is -0.0907. The fraction of sp³-hybridized carbons (Fsp3) is 0.471. The molecule has 0 aliphatic heterocycles. The molecule has 0 unspecified atom stereocenters. The van der Waals surface area contributed by atoms with Crippen molar-refractivity contribution in [2.75, 3.05) is 0 Å². The Hall–Kier alpha value is -1.77. The zero-order valence-electron chi connectivity index (χ0n) is 13.0. The molecule has 0 atom stereocenters. The van der Waals surface area contributed by atoms with Crippen LogP contribution in [0, 0.1) is 5.92 Å². The molecule has 0 fully saturated rings. The Labute approximate surface area is 120 Å². The lowest BCUT2D eigenvalue weighted by atomic mass is 9.87. The van der Waals surface area contributed by atoms with Crippen molar-refractivity contribution < 1.29 is 0 Å². The first-order valence-corrected chi connectivity index (χ1v) is 7.19. The van der Waals surface area contributed by atoms with Gasteiger partial charge in [-0.15, -0.1) is 0 Å². The normalized spacial score (nSPS) is 12.1. The van der Waals surface area contributed by atoms with Crippen LogP contribution in [-0.2, 0) is 12.0 Å². The molecule has 3 nitrogen and oxygen atoms in total. The zero-order chi connectivity index (χ0) is 14.9. The monoisotopic (exact) mass is 272 g/mol. The summed E-state index contributed by atoms with van der Waals surface area (Å²) in [5.74, 6) is 0.433. The number of benzene rings is 1. The van der Waals surface area contributed by atoms with E-state index in [-0.39, 0.29) is 11.0 Å². The molecule has 1 aromatic carbocycles. The Morgan fingerprint density at radius 3 is 2.25 bits per heavy atom. The van der Waals surface area contributed by atoms with E-state index in [0.29, 0.717) is 5.92 Å². The third-order valence-corrected chi connectivity index (χ3v) is 3.32. The lowest BCUT2D eigenvalue weighted by Crippen LogP contribution is -2.20. The van der Waals surface area contributed by atoms with Crippen molar-refractivity contribution in [2.24, 2.45) is 5.92 Å². The molecule has 0 amide bonds. The summed E-state index contributed by atoms with van der Waals surface area (Å²) in [7, 11) is 0. The molecular weight excluding hydrogens is 248 g/mol. The molecule has 1 N–H and O–H groups in total. The van der Waals surface area contributed by atoms with Crippen LogP contribution in [-0.4, -0.2) is 9.78 Å². The Morgan fingerprint density at radius 2 is 1.75 bits per heavy atom. The Balaban J connectivity index is 2.65. The van der Waals surface area contributed by atoms with Crippen molar-refractivity contribution in [3.05, 3.63) is 46.4 Å². The predicted molar refractivity (Wildman–Crippen MR) is 84.0 cm³/mol. The maximum absolute atomic E-state index is 12.7. The van der Waals surface area contributed by atoms with E-state index in [4.69, 9.17) is 0 Å². The van der Waals surface area contributed by atoms with Gasteiger partial charge in [0.15, 0.2) is 0 Å². The van der Waals surface area contributed by atoms with Crippen molar-refractivity contribution in [3.63, 3.8) is 0 Å². The number of aromatic amines is 1. The van der Waals surface area contributed by atoms with Gasteiger partial charge in [-0.1, -0.05) is 65.0 Å². The number of nitrogens with zero attached hydrogens (tertiary/aromatic N) is 1. The summed E-state index contributed by atoms with van der Waals surface area (Å²) in [6.45, 7) is 11.3. The number of H-pyrrole nitrogens is 1. The van der Waals surface area contributed by atoms with Crippen LogP contribution in [0.15, 0.2) is 35.1 Å². The van der Waals surface area contributed by atoms with Crippen molar-refractivity contribution in [3.8, 4) is 11.1 Å². The molecule has 0 saturated carbocycles. The summed E-state index contributed by atoms with van der Waals surface area (Å²) < 4.78 is 1.74. The highest BCUT2D eigenvalue weighted by Gasteiger charge is 2.25. The molecule has 0 spiro atoms. The number of nitrogens with one attached hydrogen (secondary N) is 1. The SMILES string of the molecule is CC(C)Cn1[nH]c(C(C)(C)C)c(-c2ccccc2)c1=O. The van der Waals surface area contributed by atoms with Crippen LogP contribution in [0.25, 0.3) is 11.1 Å². The fourth-order valence-electron chi connectivity index (χ4n) is 2.39. The highest BCUT2D eigenvalue weighted by molar-refractivity contribution is 5.66. The summed E-state index contributed by atoms with van der Waals surface area (Å²) in [5, 5.41) is 3.32. The smallest absolute Gasteiger partial charge is 0.274 e. The van der Waals surface area contributed by atoms with Gasteiger partial charge in [-0.25, -0.2) is 0 Å². The van der Waals surface area contributed by atoms with E-state index in [1.807, 2.05) is 30.3 Å². The van der Waals surface area contributed by atoms with E-state index in [1.54, 1.807) is 4.68 Å². The molecule has 1 heterocycles. The average molecular weight is 272 g/mol. The minimum Gasteiger partial charge on any atom is -0.299 e. The highest BCUT2D eigenvalue weighted by atomic mass is 16.1. The molecule has 20 heavy (non-hydrogen) atoms. The van der Waals surface area contributed by atoms with Gasteiger partial charge in [-0.3, -0.25) is 14.6 Å². The molecular formula is C17H24N2O. The van der Waals surface area contributed by atoms with E-state index in [2.05, 4.69) is 39.7 Å². The lowest BCUT2D eigenvalue weighted by Gasteiger charge is -2.18. The third-order valence-electron chi connectivity index (χ3n) is 3.32. The molecule has 0 aliphatic rings. The second-order valence-corrected chi connectivity index (χ2v) is 6.79. The largest absolute Gasteiger partial charge is 0.299 e. The molecule has 2 rings (SSSR count). The van der Waals surface area contributed by atoms with Crippen LogP contribution < -0.4 is 5.56 Å². The van der Waals surface area contributed by atoms with Gasteiger partial charge < -0.3 is 0 Å². The standard InChI is InChI=1S/C17H24N2O/c1-12(2)11-19-16(20)14(13-9-7-6-8-10-13)15(18-19)17(3,4)5/h6-10,12,18H,11H2,1-5H3. The second-order valence-electron chi connectivity index (χ2n) is 6.79. The van der Waals surface area contributed by atoms with Crippen LogP contribution in [0.2, 0.25) is 0 Å². The summed E-state index contributed by atoms with van der Waals surface area (Å²) in [5.41, 5.74) is 2.79. The molecule has 108 valence electrons. The first-order chi connectivity index (χ1) is 9.30. The summed E-state index contributed by atoms with van der Waals surface area (Å²) in [6, 6.07) is 9.92. The summed E-state index contributed by atoms with van der Waals surface area (Å²) in [6.07, 6.45) is 0. The van der Waals surface area contributed by atoms with Crippen LogP contribution in [0.4, 0.5) is 0 Å². The van der Waals surface area contributed by atoms with E-state index in [9.17, 15) is 4.79 Å². The van der Waals surface area contributed by atoms with Gasteiger partial charge in [-0.2, -0.15) is 0 Å². The molecule has 0 radical (unpaired) electrons. The maximum Gasteiger partial charge on any atom is 0.274 e. The van der Waals surface area contributed by atoms with Crippen LogP contribution in [0.5, 0.6) is 0 Å². The second kappa shape index (κ2) is 5.31. The topological polar surface area (TPSA) is 37.8 Å².